The van der Waals surface area contributed by atoms with Crippen molar-refractivity contribution >= 4 is 0 Å². The molecule has 306 valence electrons. The average Bonchev–Trinajstić information content (AvgIpc) is 3.12. The third-order valence-corrected chi connectivity index (χ3v) is 8.43. The molecule has 0 saturated carbocycles. The molecule has 6 rings (SSSR count). The molecular formula is C43H31F13O2. The second kappa shape index (κ2) is 17.2. The van der Waals surface area contributed by atoms with Crippen LogP contribution in [0.4, 0.5) is 57.1 Å². The van der Waals surface area contributed by atoms with Gasteiger partial charge in [-0.3, -0.25) is 0 Å². The second-order valence-corrected chi connectivity index (χ2v) is 12.2. The van der Waals surface area contributed by atoms with Crippen LogP contribution < -0.4 is 9.47 Å². The number of halogens is 13. The predicted molar refractivity (Wildman–Crippen MR) is 192 cm³/mol. The van der Waals surface area contributed by atoms with Crippen molar-refractivity contribution in [2.24, 2.45) is 0 Å². The minimum absolute atomic E-state index is 0. The van der Waals surface area contributed by atoms with E-state index in [4.69, 9.17) is 0 Å². The highest BCUT2D eigenvalue weighted by Crippen LogP contribution is 2.42. The first-order chi connectivity index (χ1) is 26.8. The third kappa shape index (κ3) is 8.93. The van der Waals surface area contributed by atoms with Crippen LogP contribution in [0.25, 0.3) is 33.4 Å². The van der Waals surface area contributed by atoms with Crippen LogP contribution in [0.3, 0.4) is 0 Å². The molecule has 0 atom stereocenters. The van der Waals surface area contributed by atoms with Gasteiger partial charge in [0.25, 0.3) is 0 Å². The van der Waals surface area contributed by atoms with E-state index in [0.29, 0.717) is 66.2 Å². The number of hydrogen-bond acceptors (Lipinski definition) is 2. The second-order valence-electron chi connectivity index (χ2n) is 12.2. The van der Waals surface area contributed by atoms with Gasteiger partial charge in [0.1, 0.15) is 57.5 Å². The lowest BCUT2D eigenvalue weighted by molar-refractivity contribution is -0.190. The summed E-state index contributed by atoms with van der Waals surface area (Å²) in [6.07, 6.45) is -9.56. The third-order valence-electron chi connectivity index (χ3n) is 8.43. The summed E-state index contributed by atoms with van der Waals surface area (Å²) in [4.78, 5) is 0. The molecule has 0 bridgehead atoms. The summed E-state index contributed by atoms with van der Waals surface area (Å²) in [7, 11) is 0. The molecule has 0 amide bonds. The highest BCUT2D eigenvalue weighted by Gasteiger charge is 2.43. The van der Waals surface area contributed by atoms with Crippen LogP contribution in [0.2, 0.25) is 0 Å². The van der Waals surface area contributed by atoms with Gasteiger partial charge < -0.3 is 9.47 Å². The Morgan fingerprint density at radius 1 is 0.397 bits per heavy atom. The number of rotatable bonds is 9. The fraction of sp³-hybridized carbons (Fsp3) is 0.163. The summed E-state index contributed by atoms with van der Waals surface area (Å²) in [6, 6.07) is 12.2. The Balaban J connectivity index is 0.00000244. The minimum Gasteiger partial charge on any atom is -0.429 e. The number of hydrogen-bond donors (Lipinski definition) is 0. The van der Waals surface area contributed by atoms with E-state index in [1.807, 2.05) is 13.8 Å². The van der Waals surface area contributed by atoms with E-state index in [1.54, 1.807) is 19.1 Å². The Bertz CT molecular complexity index is 2420. The van der Waals surface area contributed by atoms with E-state index in [-0.39, 0.29) is 13.0 Å². The van der Waals surface area contributed by atoms with Crippen molar-refractivity contribution in [2.75, 3.05) is 0 Å². The van der Waals surface area contributed by atoms with Crippen LogP contribution >= 0.6 is 0 Å². The molecule has 0 heterocycles. The molecule has 15 heteroatoms. The van der Waals surface area contributed by atoms with E-state index in [0.717, 1.165) is 18.6 Å². The van der Waals surface area contributed by atoms with Crippen molar-refractivity contribution in [1.82, 2.24) is 0 Å². The van der Waals surface area contributed by atoms with Gasteiger partial charge in [-0.15, -0.1) is 0 Å². The molecule has 6 aromatic carbocycles. The Hall–Kier alpha value is -5.99. The van der Waals surface area contributed by atoms with E-state index < -0.39 is 115 Å². The topological polar surface area (TPSA) is 18.5 Å². The number of benzene rings is 6. The summed E-state index contributed by atoms with van der Waals surface area (Å²) >= 11 is 0. The van der Waals surface area contributed by atoms with Crippen molar-refractivity contribution in [3.05, 3.63) is 166 Å². The van der Waals surface area contributed by atoms with E-state index >= 15 is 30.7 Å². The average molecular weight is 827 g/mol. The Labute approximate surface area is 324 Å². The Morgan fingerprint density at radius 3 is 1.31 bits per heavy atom. The van der Waals surface area contributed by atoms with Crippen LogP contribution in [0.1, 0.15) is 43.5 Å². The van der Waals surface area contributed by atoms with Gasteiger partial charge in [-0.2, -0.15) is 17.6 Å². The normalized spacial score (nSPS) is 11.4. The van der Waals surface area contributed by atoms with Crippen LogP contribution in [-0.4, -0.2) is 0 Å². The molecule has 0 N–H and O–H groups in total. The molecule has 0 spiro atoms. The molecular weight excluding hydrogens is 795 g/mol. The van der Waals surface area contributed by atoms with Gasteiger partial charge in [-0.1, -0.05) is 51.1 Å². The summed E-state index contributed by atoms with van der Waals surface area (Å²) in [5.41, 5.74) is -5.88. The van der Waals surface area contributed by atoms with Gasteiger partial charge in [-0.25, -0.2) is 39.5 Å². The van der Waals surface area contributed by atoms with E-state index in [9.17, 15) is 26.3 Å². The molecule has 0 unspecified atom stereocenters. The number of aryl methyl sites for hydroxylation is 1. The molecule has 0 radical (unpaired) electrons. The van der Waals surface area contributed by atoms with E-state index in [2.05, 4.69) is 9.47 Å². The maximum atomic E-state index is 15.4. The van der Waals surface area contributed by atoms with Gasteiger partial charge >= 0.3 is 12.2 Å². The number of alkyl halides is 4. The molecule has 2 nitrogen and oxygen atoms in total. The Kier molecular flexibility index (Phi) is 13.3. The lowest BCUT2D eigenvalue weighted by Crippen LogP contribution is -2.26. The molecule has 0 aromatic heterocycles. The quantitative estimate of drug-likeness (QED) is 0.107. The smallest absolute Gasteiger partial charge is 0.429 e. The van der Waals surface area contributed by atoms with Crippen LogP contribution in [0, 0.1) is 66.2 Å². The van der Waals surface area contributed by atoms with Crippen molar-refractivity contribution in [3.8, 4) is 44.9 Å². The molecule has 0 fully saturated rings. The largest absolute Gasteiger partial charge is 0.432 e. The van der Waals surface area contributed by atoms with E-state index in [1.165, 1.54) is 12.1 Å². The first-order valence-corrected chi connectivity index (χ1v) is 16.7. The molecule has 0 aliphatic heterocycles. The standard InChI is InChI=1S/C40H21F13O2.C2H6.CH4/c1-18-3-5-20(6-4-18)21-11-30(43)35(31(44)12-21)39(50,51)54-24-8-10-26(29(42)16-24)27-17-32(45)36(37(48)19(27)2)40(52,53)55-23-7-9-25(28(41)15-23)22-13-33(46)38(49)34(47)14-22;1-2;/h3-17H,1-2H3;1-2H3;1H4. The first kappa shape index (κ1) is 44.7. The first-order valence-electron chi connectivity index (χ1n) is 16.7. The SMILES string of the molecule is C.CC.Cc1ccc(-c2cc(F)c(C(F)(F)Oc3ccc(-c4cc(F)c(C(F)(F)Oc5ccc(-c6cc(F)c(F)c(F)c6)c(F)c5)c(F)c4C)c(F)c3)c(F)c2)cc1. The van der Waals surface area contributed by atoms with Crippen LogP contribution in [0.5, 0.6) is 11.5 Å². The van der Waals surface area contributed by atoms with Gasteiger partial charge in [0, 0.05) is 23.3 Å². The highest BCUT2D eigenvalue weighted by molar-refractivity contribution is 5.70. The minimum atomic E-state index is -4.86. The zero-order chi connectivity index (χ0) is 42.1. The monoisotopic (exact) mass is 826 g/mol. The van der Waals surface area contributed by atoms with Gasteiger partial charge in [-0.05, 0) is 96.3 Å². The van der Waals surface area contributed by atoms with Crippen molar-refractivity contribution in [3.63, 3.8) is 0 Å². The van der Waals surface area contributed by atoms with Gasteiger partial charge in [0.05, 0.1) is 0 Å². The fourth-order valence-corrected chi connectivity index (χ4v) is 5.71. The van der Waals surface area contributed by atoms with Gasteiger partial charge in [0.2, 0.25) is 0 Å². The predicted octanol–water partition coefficient (Wildman–Crippen LogP) is 14.5. The summed E-state index contributed by atoms with van der Waals surface area (Å²) in [5.74, 6) is -17.3. The molecule has 0 saturated heterocycles. The Morgan fingerprint density at radius 2 is 0.828 bits per heavy atom. The zero-order valence-corrected chi connectivity index (χ0v) is 29.9. The van der Waals surface area contributed by atoms with Crippen molar-refractivity contribution in [1.29, 1.82) is 0 Å². The highest BCUT2D eigenvalue weighted by atomic mass is 19.3. The maximum absolute atomic E-state index is 15.4. The molecule has 0 aliphatic rings. The zero-order valence-electron chi connectivity index (χ0n) is 29.9. The maximum Gasteiger partial charge on any atom is 0.432 e. The lowest BCUT2D eigenvalue weighted by atomic mass is 9.96. The summed E-state index contributed by atoms with van der Waals surface area (Å²) in [5, 5.41) is 0. The summed E-state index contributed by atoms with van der Waals surface area (Å²) < 4.78 is 200. The van der Waals surface area contributed by atoms with Crippen LogP contribution in [-0.2, 0) is 12.2 Å². The number of ether oxygens (including phenoxy) is 2. The van der Waals surface area contributed by atoms with Gasteiger partial charge in [0.15, 0.2) is 17.5 Å². The fourth-order valence-electron chi connectivity index (χ4n) is 5.71. The molecule has 58 heavy (non-hydrogen) atoms. The lowest BCUT2D eigenvalue weighted by Gasteiger charge is -2.22. The molecule has 0 aliphatic carbocycles. The van der Waals surface area contributed by atoms with Crippen molar-refractivity contribution < 1.29 is 66.5 Å². The van der Waals surface area contributed by atoms with Crippen LogP contribution in [0.15, 0.2) is 91.0 Å². The van der Waals surface area contributed by atoms with Crippen molar-refractivity contribution in [2.45, 2.75) is 47.3 Å². The molecule has 6 aromatic rings. The summed E-state index contributed by atoms with van der Waals surface area (Å²) in [6.45, 7) is 6.61.